The molecular weight excluding hydrogens is 270 g/mol. The molecule has 1 aromatic carbocycles. The van der Waals surface area contributed by atoms with Crippen molar-refractivity contribution in [1.82, 2.24) is 4.90 Å². The van der Waals surface area contributed by atoms with Gasteiger partial charge in [-0.05, 0) is 57.1 Å². The van der Waals surface area contributed by atoms with E-state index < -0.39 is 11.9 Å². The highest BCUT2D eigenvalue weighted by atomic mass is 16.4. The summed E-state index contributed by atoms with van der Waals surface area (Å²) in [4.78, 5) is 23.3. The van der Waals surface area contributed by atoms with E-state index in [-0.39, 0.29) is 11.1 Å². The minimum atomic E-state index is -1.13. The van der Waals surface area contributed by atoms with Crippen molar-refractivity contribution in [1.29, 1.82) is 0 Å². The molecule has 0 aliphatic carbocycles. The van der Waals surface area contributed by atoms with E-state index >= 15 is 0 Å². The lowest BCUT2D eigenvalue weighted by Crippen LogP contribution is -2.19. The summed E-state index contributed by atoms with van der Waals surface area (Å²) < 4.78 is 0. The van der Waals surface area contributed by atoms with Crippen molar-refractivity contribution in [2.45, 2.75) is 32.6 Å². The van der Waals surface area contributed by atoms with Crippen LogP contribution in [-0.4, -0.2) is 46.7 Å². The van der Waals surface area contributed by atoms with Gasteiger partial charge in [-0.1, -0.05) is 19.4 Å². The molecule has 0 radical (unpaired) electrons. The molecule has 0 spiro atoms. The van der Waals surface area contributed by atoms with Gasteiger partial charge in [0, 0.05) is 0 Å². The van der Waals surface area contributed by atoms with Crippen LogP contribution in [0.1, 0.15) is 53.3 Å². The average molecular weight is 293 g/mol. The third kappa shape index (κ3) is 6.40. The molecule has 1 saturated heterocycles. The van der Waals surface area contributed by atoms with Crippen molar-refractivity contribution in [3.8, 4) is 0 Å². The zero-order chi connectivity index (χ0) is 15.7. The van der Waals surface area contributed by atoms with Crippen LogP contribution in [0.25, 0.3) is 0 Å². The number of nitrogens with zero attached hydrogens (tertiary/aromatic N) is 1. The molecule has 5 heteroatoms. The lowest BCUT2D eigenvalue weighted by Gasteiger charge is -2.12. The topological polar surface area (TPSA) is 77.8 Å². The van der Waals surface area contributed by atoms with Gasteiger partial charge in [-0.3, -0.25) is 0 Å². The Labute approximate surface area is 125 Å². The molecule has 0 bridgehead atoms. The summed E-state index contributed by atoms with van der Waals surface area (Å²) in [5.74, 6) is -2.25. The predicted octanol–water partition coefficient (Wildman–Crippen LogP) is 2.97. The first-order valence-corrected chi connectivity index (χ1v) is 7.33. The van der Waals surface area contributed by atoms with Crippen molar-refractivity contribution in [2.75, 3.05) is 19.6 Å². The first-order valence-electron chi connectivity index (χ1n) is 7.33. The fourth-order valence-corrected chi connectivity index (χ4v) is 2.17. The van der Waals surface area contributed by atoms with Gasteiger partial charge < -0.3 is 15.1 Å². The molecule has 1 aliphatic heterocycles. The van der Waals surface area contributed by atoms with Gasteiger partial charge in [-0.25, -0.2) is 9.59 Å². The Morgan fingerprint density at radius 1 is 1.10 bits per heavy atom. The van der Waals surface area contributed by atoms with E-state index in [2.05, 4.69) is 11.8 Å². The molecule has 1 aromatic rings. The molecule has 0 unspecified atom stereocenters. The molecule has 1 fully saturated rings. The van der Waals surface area contributed by atoms with Crippen LogP contribution in [0, 0.1) is 0 Å². The van der Waals surface area contributed by atoms with Gasteiger partial charge in [-0.15, -0.1) is 0 Å². The van der Waals surface area contributed by atoms with E-state index in [0.717, 1.165) is 6.07 Å². The second-order valence-corrected chi connectivity index (χ2v) is 5.09. The zero-order valence-corrected chi connectivity index (χ0v) is 12.4. The van der Waals surface area contributed by atoms with Gasteiger partial charge in [0.1, 0.15) is 0 Å². The number of hydrogen-bond acceptors (Lipinski definition) is 3. The number of unbranched alkanes of at least 4 members (excludes halogenated alkanes) is 1. The van der Waals surface area contributed by atoms with Gasteiger partial charge >= 0.3 is 11.9 Å². The van der Waals surface area contributed by atoms with Crippen molar-refractivity contribution in [2.24, 2.45) is 0 Å². The highest BCUT2D eigenvalue weighted by Gasteiger charge is 2.09. The molecule has 1 heterocycles. The van der Waals surface area contributed by atoms with Gasteiger partial charge in [0.25, 0.3) is 0 Å². The molecule has 0 atom stereocenters. The predicted molar refractivity (Wildman–Crippen MR) is 80.9 cm³/mol. The lowest BCUT2D eigenvalue weighted by molar-refractivity contribution is 0.0696. The molecule has 0 saturated carbocycles. The quantitative estimate of drug-likeness (QED) is 0.872. The second kappa shape index (κ2) is 9.13. The lowest BCUT2D eigenvalue weighted by atomic mass is 10.1. The van der Waals surface area contributed by atoms with Crippen molar-refractivity contribution < 1.29 is 19.8 Å². The summed E-state index contributed by atoms with van der Waals surface area (Å²) in [6, 6.07) is 5.20. The fraction of sp³-hybridized carbons (Fsp3) is 0.500. The van der Waals surface area contributed by atoms with Crippen LogP contribution in [-0.2, 0) is 0 Å². The number of rotatable bonds is 5. The smallest absolute Gasteiger partial charge is 0.335 e. The Balaban J connectivity index is 0.000000219. The molecule has 0 amide bonds. The number of aromatic carboxylic acids is 2. The average Bonchev–Trinajstić information content (AvgIpc) is 2.99. The Morgan fingerprint density at radius 3 is 2.05 bits per heavy atom. The first kappa shape index (κ1) is 17.2. The van der Waals surface area contributed by atoms with Gasteiger partial charge in [-0.2, -0.15) is 0 Å². The maximum absolute atomic E-state index is 10.4. The van der Waals surface area contributed by atoms with Crippen LogP contribution in [0.15, 0.2) is 24.3 Å². The van der Waals surface area contributed by atoms with Crippen LogP contribution in [0.4, 0.5) is 0 Å². The Bertz CT molecular complexity index is 438. The molecular formula is C16H23NO4. The van der Waals surface area contributed by atoms with Crippen LogP contribution in [0.3, 0.4) is 0 Å². The van der Waals surface area contributed by atoms with E-state index in [9.17, 15) is 9.59 Å². The summed E-state index contributed by atoms with van der Waals surface area (Å²) in [6.07, 6.45) is 5.60. The molecule has 2 rings (SSSR count). The molecule has 21 heavy (non-hydrogen) atoms. The van der Waals surface area contributed by atoms with Crippen LogP contribution in [0.2, 0.25) is 0 Å². The number of carbonyl (C=O) groups is 2. The maximum Gasteiger partial charge on any atom is 0.335 e. The maximum atomic E-state index is 10.4. The molecule has 116 valence electrons. The zero-order valence-electron chi connectivity index (χ0n) is 12.4. The summed E-state index contributed by atoms with van der Waals surface area (Å²) in [5, 5.41) is 17.0. The van der Waals surface area contributed by atoms with Gasteiger partial charge in [0.2, 0.25) is 0 Å². The molecule has 0 aromatic heterocycles. The van der Waals surface area contributed by atoms with Crippen molar-refractivity contribution in [3.63, 3.8) is 0 Å². The number of hydrogen-bond donors (Lipinski definition) is 2. The first-order chi connectivity index (χ1) is 10.0. The largest absolute Gasteiger partial charge is 0.478 e. The third-order valence-corrected chi connectivity index (χ3v) is 3.38. The van der Waals surface area contributed by atoms with Crippen molar-refractivity contribution >= 4 is 11.9 Å². The van der Waals surface area contributed by atoms with E-state index in [1.165, 1.54) is 63.5 Å². The van der Waals surface area contributed by atoms with Crippen LogP contribution in [0.5, 0.6) is 0 Å². The molecule has 1 aliphatic rings. The molecule has 2 N–H and O–H groups in total. The van der Waals surface area contributed by atoms with E-state index in [4.69, 9.17) is 10.2 Å². The summed E-state index contributed by atoms with van der Waals surface area (Å²) in [6.45, 7) is 6.33. The Morgan fingerprint density at radius 2 is 1.62 bits per heavy atom. The third-order valence-electron chi connectivity index (χ3n) is 3.38. The van der Waals surface area contributed by atoms with E-state index in [1.54, 1.807) is 0 Å². The number of benzene rings is 1. The summed E-state index contributed by atoms with van der Waals surface area (Å²) in [5.41, 5.74) is -0.0372. The van der Waals surface area contributed by atoms with Crippen LogP contribution < -0.4 is 0 Å². The number of carboxylic acid groups (broad SMARTS) is 2. The van der Waals surface area contributed by atoms with E-state index in [0.29, 0.717) is 0 Å². The normalized spacial score (nSPS) is 14.3. The highest BCUT2D eigenvalue weighted by Crippen LogP contribution is 2.07. The Hall–Kier alpha value is -1.88. The highest BCUT2D eigenvalue weighted by molar-refractivity contribution is 5.93. The number of likely N-dealkylation sites (tertiary alicyclic amines) is 1. The SMILES string of the molecule is CCCCN1CCCC1.O=C(O)c1cccc(C(=O)O)c1. The number of carboxylic acids is 2. The standard InChI is InChI=1S/C8H17N.C8H6O4/c1-2-3-6-9-7-4-5-8-9;9-7(10)5-2-1-3-6(4-5)8(11)12/h2-8H2,1H3;1-4H,(H,9,10)(H,11,12). The summed E-state index contributed by atoms with van der Waals surface area (Å²) >= 11 is 0. The van der Waals surface area contributed by atoms with E-state index in [1.807, 2.05) is 0 Å². The molecule has 5 nitrogen and oxygen atoms in total. The minimum absolute atomic E-state index is 0.0186. The fourth-order valence-electron chi connectivity index (χ4n) is 2.17. The monoisotopic (exact) mass is 293 g/mol. The van der Waals surface area contributed by atoms with Gasteiger partial charge in [0.15, 0.2) is 0 Å². The second-order valence-electron chi connectivity index (χ2n) is 5.09. The van der Waals surface area contributed by atoms with Gasteiger partial charge in [0.05, 0.1) is 11.1 Å². The minimum Gasteiger partial charge on any atom is -0.478 e. The summed E-state index contributed by atoms with van der Waals surface area (Å²) in [7, 11) is 0. The van der Waals surface area contributed by atoms with Crippen molar-refractivity contribution in [3.05, 3.63) is 35.4 Å². The van der Waals surface area contributed by atoms with Crippen LogP contribution >= 0.6 is 0 Å². The Kier molecular flexibility index (Phi) is 7.46.